The summed E-state index contributed by atoms with van der Waals surface area (Å²) in [4.78, 5) is 31.2. The number of nitrogens with zero attached hydrogens (tertiary/aromatic N) is 5. The third kappa shape index (κ3) is 4.06. The van der Waals surface area contributed by atoms with Crippen LogP contribution in [-0.2, 0) is 24.9 Å². The molecular weight excluding hydrogens is 346 g/mol. The lowest BCUT2D eigenvalue weighted by atomic mass is 10.1. The molecule has 1 amide bonds. The lowest BCUT2D eigenvalue weighted by molar-refractivity contribution is 0.0680. The van der Waals surface area contributed by atoms with Gasteiger partial charge in [-0.2, -0.15) is 5.10 Å². The Morgan fingerprint density at radius 3 is 2.85 bits per heavy atom. The Morgan fingerprint density at radius 2 is 2.15 bits per heavy atom. The lowest BCUT2D eigenvalue weighted by Crippen LogP contribution is -2.33. The van der Waals surface area contributed by atoms with Gasteiger partial charge in [-0.1, -0.05) is 0 Å². The molecule has 142 valence electrons. The second-order valence-electron chi connectivity index (χ2n) is 6.32. The third-order valence-corrected chi connectivity index (χ3v) is 4.40. The van der Waals surface area contributed by atoms with Gasteiger partial charge in [-0.15, -0.1) is 0 Å². The zero-order chi connectivity index (χ0) is 19.4. The van der Waals surface area contributed by atoms with Crippen LogP contribution in [0.5, 0.6) is 0 Å². The number of rotatable bonds is 7. The molecular formula is C19H23N5O3. The van der Waals surface area contributed by atoms with E-state index in [1.165, 1.54) is 10.9 Å². The number of carbonyl (C=O) groups is 1. The van der Waals surface area contributed by atoms with Gasteiger partial charge < -0.3 is 14.2 Å². The van der Waals surface area contributed by atoms with E-state index in [0.717, 1.165) is 12.1 Å². The van der Waals surface area contributed by atoms with Crippen LogP contribution >= 0.6 is 0 Å². The van der Waals surface area contributed by atoms with E-state index in [-0.39, 0.29) is 11.5 Å². The summed E-state index contributed by atoms with van der Waals surface area (Å²) in [5.41, 5.74) is 1.81. The average molecular weight is 369 g/mol. The number of benzene rings is 1. The van der Waals surface area contributed by atoms with Crippen molar-refractivity contribution in [2.24, 2.45) is 7.05 Å². The van der Waals surface area contributed by atoms with Gasteiger partial charge in [0.2, 0.25) is 0 Å². The van der Waals surface area contributed by atoms with Gasteiger partial charge in [-0.05, 0) is 25.1 Å². The maximum atomic E-state index is 13.1. The van der Waals surface area contributed by atoms with Crippen LogP contribution in [0, 0.1) is 0 Å². The second-order valence-corrected chi connectivity index (χ2v) is 6.32. The van der Waals surface area contributed by atoms with Crippen LogP contribution in [0.1, 0.15) is 22.8 Å². The summed E-state index contributed by atoms with van der Waals surface area (Å²) in [5.74, 6) is -0.138. The molecule has 0 N–H and O–H groups in total. The van der Waals surface area contributed by atoms with Crippen LogP contribution in [0.2, 0.25) is 0 Å². The SMILES string of the molecule is CCn1cc(CN(CCOC)C(=O)c2ccc3c(=O)n(C)cnc3c2)cn1. The zero-order valence-electron chi connectivity index (χ0n) is 15.8. The van der Waals surface area contributed by atoms with E-state index in [1.54, 1.807) is 43.5 Å². The molecule has 8 heteroatoms. The molecule has 0 bridgehead atoms. The van der Waals surface area contributed by atoms with Crippen molar-refractivity contribution in [3.05, 3.63) is 58.4 Å². The molecule has 2 heterocycles. The molecule has 0 radical (unpaired) electrons. The normalized spacial score (nSPS) is 11.1. The number of hydrogen-bond donors (Lipinski definition) is 0. The first-order valence-electron chi connectivity index (χ1n) is 8.78. The highest BCUT2D eigenvalue weighted by Crippen LogP contribution is 2.14. The first kappa shape index (κ1) is 18.8. The molecule has 0 saturated heterocycles. The highest BCUT2D eigenvalue weighted by atomic mass is 16.5. The third-order valence-electron chi connectivity index (χ3n) is 4.40. The van der Waals surface area contributed by atoms with E-state index >= 15 is 0 Å². The van der Waals surface area contributed by atoms with E-state index < -0.39 is 0 Å². The summed E-state index contributed by atoms with van der Waals surface area (Å²) in [6.07, 6.45) is 5.15. The quantitative estimate of drug-likeness (QED) is 0.629. The number of fused-ring (bicyclic) bond motifs is 1. The Bertz CT molecular complexity index is 1010. The Morgan fingerprint density at radius 1 is 1.33 bits per heavy atom. The van der Waals surface area contributed by atoms with Crippen LogP contribution in [-0.4, -0.2) is 50.4 Å². The van der Waals surface area contributed by atoms with E-state index in [9.17, 15) is 9.59 Å². The number of amides is 1. The predicted octanol–water partition coefficient (Wildman–Crippen LogP) is 1.44. The van der Waals surface area contributed by atoms with Crippen molar-refractivity contribution in [2.75, 3.05) is 20.3 Å². The molecule has 0 unspecified atom stereocenters. The Kier molecular flexibility index (Phi) is 5.66. The van der Waals surface area contributed by atoms with Crippen LogP contribution in [0.4, 0.5) is 0 Å². The van der Waals surface area contributed by atoms with E-state index in [0.29, 0.717) is 36.2 Å². The van der Waals surface area contributed by atoms with E-state index in [4.69, 9.17) is 4.74 Å². The molecule has 1 aromatic carbocycles. The molecule has 27 heavy (non-hydrogen) atoms. The minimum atomic E-state index is -0.138. The Labute approximate surface area is 157 Å². The van der Waals surface area contributed by atoms with Gasteiger partial charge >= 0.3 is 0 Å². The largest absolute Gasteiger partial charge is 0.383 e. The van der Waals surface area contributed by atoms with Crippen molar-refractivity contribution < 1.29 is 9.53 Å². The predicted molar refractivity (Wildman–Crippen MR) is 102 cm³/mol. The first-order valence-corrected chi connectivity index (χ1v) is 8.78. The fourth-order valence-corrected chi connectivity index (χ4v) is 2.86. The van der Waals surface area contributed by atoms with Gasteiger partial charge in [-0.3, -0.25) is 14.3 Å². The number of methoxy groups -OCH3 is 1. The minimum Gasteiger partial charge on any atom is -0.383 e. The van der Waals surface area contributed by atoms with Crippen molar-refractivity contribution in [2.45, 2.75) is 20.0 Å². The smallest absolute Gasteiger partial charge is 0.260 e. The highest BCUT2D eigenvalue weighted by Gasteiger charge is 2.18. The summed E-state index contributed by atoms with van der Waals surface area (Å²) in [6, 6.07) is 4.98. The van der Waals surface area contributed by atoms with Crippen LogP contribution in [0.3, 0.4) is 0 Å². The number of ether oxygens (including phenoxy) is 1. The van der Waals surface area contributed by atoms with Crippen LogP contribution in [0.25, 0.3) is 10.9 Å². The number of aromatic nitrogens is 4. The summed E-state index contributed by atoms with van der Waals surface area (Å²) in [5, 5.41) is 4.75. The molecule has 0 aliphatic heterocycles. The molecule has 0 fully saturated rings. The van der Waals surface area contributed by atoms with Crippen molar-refractivity contribution >= 4 is 16.8 Å². The molecule has 0 saturated carbocycles. The summed E-state index contributed by atoms with van der Waals surface area (Å²) in [7, 11) is 3.25. The maximum Gasteiger partial charge on any atom is 0.260 e. The zero-order valence-corrected chi connectivity index (χ0v) is 15.8. The van der Waals surface area contributed by atoms with Crippen molar-refractivity contribution in [3.8, 4) is 0 Å². The summed E-state index contributed by atoms with van der Waals surface area (Å²) >= 11 is 0. The van der Waals surface area contributed by atoms with Gasteiger partial charge in [0.15, 0.2) is 0 Å². The van der Waals surface area contributed by atoms with Crippen molar-refractivity contribution in [3.63, 3.8) is 0 Å². The van der Waals surface area contributed by atoms with Crippen molar-refractivity contribution in [1.82, 2.24) is 24.2 Å². The first-order chi connectivity index (χ1) is 13.0. The van der Waals surface area contributed by atoms with Crippen LogP contribution in [0.15, 0.2) is 41.7 Å². The van der Waals surface area contributed by atoms with Gasteiger partial charge in [0, 0.05) is 51.1 Å². The Hall–Kier alpha value is -3.00. The van der Waals surface area contributed by atoms with Gasteiger partial charge in [0.05, 0.1) is 30.0 Å². The number of carbonyl (C=O) groups excluding carboxylic acids is 1. The minimum absolute atomic E-state index is 0.137. The number of hydrogen-bond acceptors (Lipinski definition) is 5. The van der Waals surface area contributed by atoms with Gasteiger partial charge in [0.25, 0.3) is 11.5 Å². The average Bonchev–Trinajstić information content (AvgIpc) is 3.15. The lowest BCUT2D eigenvalue weighted by Gasteiger charge is -2.22. The molecule has 0 spiro atoms. The molecule has 0 atom stereocenters. The number of aryl methyl sites for hydroxylation is 2. The van der Waals surface area contributed by atoms with Gasteiger partial charge in [0.1, 0.15) is 0 Å². The molecule has 2 aromatic heterocycles. The highest BCUT2D eigenvalue weighted by molar-refractivity contribution is 5.97. The molecule has 0 aliphatic rings. The standard InChI is InChI=1S/C19H23N5O3/c1-4-24-12-14(10-21-24)11-23(7-8-27-3)18(25)15-5-6-16-17(9-15)20-13-22(2)19(16)26/h5-6,9-10,12-13H,4,7-8,11H2,1-3H3. The maximum absolute atomic E-state index is 13.1. The molecule has 0 aliphatic carbocycles. The van der Waals surface area contributed by atoms with Gasteiger partial charge in [-0.25, -0.2) is 4.98 Å². The van der Waals surface area contributed by atoms with E-state index in [1.807, 2.05) is 17.8 Å². The van der Waals surface area contributed by atoms with E-state index in [2.05, 4.69) is 10.1 Å². The molecule has 3 rings (SSSR count). The molecule has 3 aromatic rings. The molecule has 8 nitrogen and oxygen atoms in total. The monoisotopic (exact) mass is 369 g/mol. The van der Waals surface area contributed by atoms with Crippen molar-refractivity contribution in [1.29, 1.82) is 0 Å². The second kappa shape index (κ2) is 8.13. The fraction of sp³-hybridized carbons (Fsp3) is 0.368. The Balaban J connectivity index is 1.89. The fourth-order valence-electron chi connectivity index (χ4n) is 2.86. The summed E-state index contributed by atoms with van der Waals surface area (Å²) in [6.45, 7) is 4.10. The van der Waals surface area contributed by atoms with Crippen LogP contribution < -0.4 is 5.56 Å². The summed E-state index contributed by atoms with van der Waals surface area (Å²) < 4.78 is 8.39. The topological polar surface area (TPSA) is 82.2 Å².